The second-order valence-corrected chi connectivity index (χ2v) is 7.67. The molecule has 5 aromatic rings. The van der Waals surface area contributed by atoms with E-state index >= 15 is 0 Å². The van der Waals surface area contributed by atoms with Gasteiger partial charge in [-0.1, -0.05) is 35.9 Å². The Morgan fingerprint density at radius 1 is 0.933 bits per heavy atom. The molecule has 1 N–H and O–H groups in total. The van der Waals surface area contributed by atoms with Gasteiger partial charge in [0, 0.05) is 39.6 Å². The number of benzene rings is 3. The van der Waals surface area contributed by atoms with Gasteiger partial charge in [0.1, 0.15) is 6.04 Å². The smallest absolute Gasteiger partial charge is 0.247 e. The zero-order valence-electron chi connectivity index (χ0n) is 17.4. The topological polar surface area (TPSA) is 55.9 Å². The number of rotatable bonds is 5. The fraction of sp³-hybridized carbons (Fsp3) is 0.200. The van der Waals surface area contributed by atoms with Crippen LogP contribution in [0.4, 0.5) is 5.69 Å². The number of nitrogens with zero attached hydrogens (tertiary/aromatic N) is 3. The summed E-state index contributed by atoms with van der Waals surface area (Å²) >= 11 is 0. The van der Waals surface area contributed by atoms with Crippen LogP contribution in [0, 0.1) is 6.92 Å². The number of hydrogen-bond acceptors (Lipinski definition) is 4. The van der Waals surface area contributed by atoms with Gasteiger partial charge in [0.15, 0.2) is 0 Å². The van der Waals surface area contributed by atoms with Crippen molar-refractivity contribution in [2.45, 2.75) is 33.4 Å². The summed E-state index contributed by atoms with van der Waals surface area (Å²) in [7, 11) is 0. The maximum Gasteiger partial charge on any atom is 0.247 e. The van der Waals surface area contributed by atoms with Crippen LogP contribution in [0.25, 0.3) is 33.3 Å². The Labute approximate surface area is 175 Å². The van der Waals surface area contributed by atoms with Crippen molar-refractivity contribution in [3.05, 3.63) is 78.2 Å². The number of fused-ring (bicyclic) bond motifs is 3. The third-order valence-electron chi connectivity index (χ3n) is 5.58. The van der Waals surface area contributed by atoms with E-state index in [-0.39, 0.29) is 6.04 Å². The van der Waals surface area contributed by atoms with E-state index in [9.17, 15) is 0 Å². The predicted octanol–water partition coefficient (Wildman–Crippen LogP) is 6.35. The van der Waals surface area contributed by atoms with Gasteiger partial charge in [-0.25, -0.2) is 0 Å². The lowest BCUT2D eigenvalue weighted by Gasteiger charge is -2.12. The maximum atomic E-state index is 5.93. The molecule has 0 fully saturated rings. The minimum Gasteiger partial charge on any atom is -0.418 e. The van der Waals surface area contributed by atoms with Gasteiger partial charge in [-0.05, 0) is 57.2 Å². The van der Waals surface area contributed by atoms with Gasteiger partial charge in [0.05, 0.1) is 0 Å². The Balaban J connectivity index is 1.44. The first kappa shape index (κ1) is 18.4. The minimum atomic E-state index is -0.103. The molecule has 0 saturated heterocycles. The highest BCUT2D eigenvalue weighted by molar-refractivity contribution is 6.09. The Morgan fingerprint density at radius 3 is 2.50 bits per heavy atom. The summed E-state index contributed by atoms with van der Waals surface area (Å²) in [5.41, 5.74) is 5.67. The lowest BCUT2D eigenvalue weighted by atomic mass is 10.1. The molecule has 1 atom stereocenters. The molecule has 5 rings (SSSR count). The van der Waals surface area contributed by atoms with E-state index in [2.05, 4.69) is 76.4 Å². The predicted molar refractivity (Wildman–Crippen MR) is 122 cm³/mol. The van der Waals surface area contributed by atoms with Crippen molar-refractivity contribution in [1.29, 1.82) is 0 Å². The van der Waals surface area contributed by atoms with E-state index < -0.39 is 0 Å². The number of para-hydroxylation sites is 1. The van der Waals surface area contributed by atoms with Crippen LogP contribution >= 0.6 is 0 Å². The van der Waals surface area contributed by atoms with Crippen LogP contribution in [-0.4, -0.2) is 14.8 Å². The lowest BCUT2D eigenvalue weighted by molar-refractivity contribution is 0.485. The monoisotopic (exact) mass is 396 g/mol. The first-order chi connectivity index (χ1) is 14.6. The quantitative estimate of drug-likeness (QED) is 0.376. The molecule has 0 aliphatic rings. The van der Waals surface area contributed by atoms with Gasteiger partial charge in [0.25, 0.3) is 0 Å². The van der Waals surface area contributed by atoms with Crippen molar-refractivity contribution in [2.24, 2.45) is 0 Å². The highest BCUT2D eigenvalue weighted by Crippen LogP contribution is 2.32. The SMILES string of the molecule is CCn1c2ccccc2c2cc(N[C@H](C)c3nnc(-c4ccc(C)cc4)o3)ccc21. The Hall–Kier alpha value is -3.60. The van der Waals surface area contributed by atoms with E-state index in [0.29, 0.717) is 11.8 Å². The van der Waals surface area contributed by atoms with E-state index in [1.165, 1.54) is 27.4 Å². The third-order valence-corrected chi connectivity index (χ3v) is 5.58. The van der Waals surface area contributed by atoms with Crippen LogP contribution in [-0.2, 0) is 6.54 Å². The standard InChI is InChI=1S/C25H24N4O/c1-4-29-22-8-6-5-7-20(22)21-15-19(13-14-23(21)29)26-17(3)24-27-28-25(30-24)18-11-9-16(2)10-12-18/h5-15,17,26H,4H2,1-3H3/t17-/m1/s1. The molecule has 0 unspecified atom stereocenters. The molecule has 5 heteroatoms. The van der Waals surface area contributed by atoms with Crippen LogP contribution in [0.5, 0.6) is 0 Å². The van der Waals surface area contributed by atoms with Crippen molar-refractivity contribution >= 4 is 27.5 Å². The zero-order chi connectivity index (χ0) is 20.7. The normalized spacial score (nSPS) is 12.5. The van der Waals surface area contributed by atoms with Crippen molar-refractivity contribution < 1.29 is 4.42 Å². The molecule has 0 aliphatic heterocycles. The third kappa shape index (κ3) is 3.12. The average Bonchev–Trinajstić information content (AvgIpc) is 3.37. The summed E-state index contributed by atoms with van der Waals surface area (Å²) in [5.74, 6) is 1.11. The van der Waals surface area contributed by atoms with Crippen LogP contribution in [0.15, 0.2) is 71.1 Å². The molecule has 0 spiro atoms. The summed E-state index contributed by atoms with van der Waals surface area (Å²) in [4.78, 5) is 0. The van der Waals surface area contributed by atoms with Gasteiger partial charge in [-0.3, -0.25) is 0 Å². The molecule has 2 heterocycles. The fourth-order valence-corrected chi connectivity index (χ4v) is 4.02. The summed E-state index contributed by atoms with van der Waals surface area (Å²) < 4.78 is 8.28. The molecule has 0 saturated carbocycles. The Morgan fingerprint density at radius 2 is 1.70 bits per heavy atom. The van der Waals surface area contributed by atoms with Crippen LogP contribution in [0.1, 0.15) is 31.3 Å². The largest absolute Gasteiger partial charge is 0.418 e. The highest BCUT2D eigenvalue weighted by atomic mass is 16.4. The summed E-state index contributed by atoms with van der Waals surface area (Å²) in [5, 5.41) is 14.5. The number of aromatic nitrogens is 3. The molecular formula is C25H24N4O. The van der Waals surface area contributed by atoms with Crippen molar-refractivity contribution in [1.82, 2.24) is 14.8 Å². The van der Waals surface area contributed by atoms with Gasteiger partial charge in [-0.15, -0.1) is 10.2 Å². The summed E-state index contributed by atoms with van der Waals surface area (Å²) in [6.45, 7) is 7.22. The Kier molecular flexibility index (Phi) is 4.51. The molecule has 2 aromatic heterocycles. The molecule has 0 bridgehead atoms. The first-order valence-electron chi connectivity index (χ1n) is 10.3. The Bertz CT molecular complexity index is 1330. The first-order valence-corrected chi connectivity index (χ1v) is 10.3. The van der Waals surface area contributed by atoms with E-state index in [1.807, 2.05) is 31.2 Å². The number of nitrogens with one attached hydrogen (secondary N) is 1. The van der Waals surface area contributed by atoms with Crippen molar-refractivity contribution in [3.8, 4) is 11.5 Å². The molecule has 150 valence electrons. The average molecular weight is 396 g/mol. The minimum absolute atomic E-state index is 0.103. The van der Waals surface area contributed by atoms with Gasteiger partial charge in [-0.2, -0.15) is 0 Å². The second-order valence-electron chi connectivity index (χ2n) is 7.67. The van der Waals surface area contributed by atoms with E-state index in [1.54, 1.807) is 0 Å². The number of aryl methyl sites for hydroxylation is 2. The maximum absolute atomic E-state index is 5.93. The van der Waals surface area contributed by atoms with Crippen molar-refractivity contribution in [2.75, 3.05) is 5.32 Å². The lowest BCUT2D eigenvalue weighted by Crippen LogP contribution is -2.07. The zero-order valence-corrected chi connectivity index (χ0v) is 17.4. The molecule has 0 radical (unpaired) electrons. The van der Waals surface area contributed by atoms with Gasteiger partial charge in [0.2, 0.25) is 11.8 Å². The molecule has 3 aromatic carbocycles. The molecule has 5 nitrogen and oxygen atoms in total. The molecular weight excluding hydrogens is 372 g/mol. The molecule has 0 amide bonds. The second kappa shape index (κ2) is 7.34. The highest BCUT2D eigenvalue weighted by Gasteiger charge is 2.16. The summed E-state index contributed by atoms with van der Waals surface area (Å²) in [6, 6.07) is 23.0. The van der Waals surface area contributed by atoms with Crippen LogP contribution in [0.3, 0.4) is 0 Å². The van der Waals surface area contributed by atoms with E-state index in [0.717, 1.165) is 17.8 Å². The fourth-order valence-electron chi connectivity index (χ4n) is 4.02. The van der Waals surface area contributed by atoms with Gasteiger partial charge >= 0.3 is 0 Å². The summed E-state index contributed by atoms with van der Waals surface area (Å²) in [6.07, 6.45) is 0. The van der Waals surface area contributed by atoms with Crippen molar-refractivity contribution in [3.63, 3.8) is 0 Å². The molecule has 30 heavy (non-hydrogen) atoms. The van der Waals surface area contributed by atoms with Gasteiger partial charge < -0.3 is 14.3 Å². The number of anilines is 1. The van der Waals surface area contributed by atoms with Crippen LogP contribution < -0.4 is 5.32 Å². The number of hydrogen-bond donors (Lipinski definition) is 1. The van der Waals surface area contributed by atoms with Crippen LogP contribution in [0.2, 0.25) is 0 Å². The molecule has 0 aliphatic carbocycles. The van der Waals surface area contributed by atoms with E-state index in [4.69, 9.17) is 4.42 Å².